The zero-order valence-electron chi connectivity index (χ0n) is 15.9. The molecule has 6 heteroatoms. The van der Waals surface area contributed by atoms with Crippen LogP contribution in [0, 0.1) is 0 Å². The van der Waals surface area contributed by atoms with Crippen molar-refractivity contribution < 1.29 is 9.59 Å². The Kier molecular flexibility index (Phi) is 5.81. The number of hydrogen-bond acceptors (Lipinski definition) is 4. The van der Waals surface area contributed by atoms with Crippen molar-refractivity contribution in [1.29, 1.82) is 0 Å². The Morgan fingerprint density at radius 2 is 1.76 bits per heavy atom. The van der Waals surface area contributed by atoms with E-state index in [9.17, 15) is 9.59 Å². The molecule has 146 valence electrons. The highest BCUT2D eigenvalue weighted by Gasteiger charge is 2.15. The Balaban J connectivity index is 1.46. The van der Waals surface area contributed by atoms with E-state index in [1.54, 1.807) is 0 Å². The number of aryl methyl sites for hydroxylation is 1. The minimum Gasteiger partial charge on any atom is -0.351 e. The van der Waals surface area contributed by atoms with Gasteiger partial charge in [0.05, 0.1) is 22.5 Å². The van der Waals surface area contributed by atoms with Gasteiger partial charge in [-0.1, -0.05) is 48.5 Å². The summed E-state index contributed by atoms with van der Waals surface area (Å²) in [6.07, 6.45) is 1.43. The number of aromatic nitrogens is 2. The van der Waals surface area contributed by atoms with E-state index >= 15 is 0 Å². The van der Waals surface area contributed by atoms with Gasteiger partial charge in [-0.05, 0) is 30.0 Å². The van der Waals surface area contributed by atoms with Crippen LogP contribution in [0.15, 0.2) is 72.1 Å². The summed E-state index contributed by atoms with van der Waals surface area (Å²) in [5, 5.41) is 4.83. The number of nitrogens with one attached hydrogen (secondary N) is 1. The van der Waals surface area contributed by atoms with Gasteiger partial charge in [0.25, 0.3) is 5.91 Å². The summed E-state index contributed by atoms with van der Waals surface area (Å²) in [7, 11) is 0. The summed E-state index contributed by atoms with van der Waals surface area (Å²) in [5.41, 5.74) is 2.53. The molecule has 2 aromatic carbocycles. The lowest BCUT2D eigenvalue weighted by Gasteiger charge is -2.09. The van der Waals surface area contributed by atoms with Gasteiger partial charge < -0.3 is 9.88 Å². The first kappa shape index (κ1) is 19.1. The van der Waals surface area contributed by atoms with Crippen LogP contribution in [-0.2, 0) is 13.0 Å². The molecule has 0 bridgehead atoms. The second-order valence-electron chi connectivity index (χ2n) is 6.73. The Bertz CT molecular complexity index is 1120. The number of para-hydroxylation sites is 2. The number of thiophene rings is 1. The van der Waals surface area contributed by atoms with Gasteiger partial charge >= 0.3 is 0 Å². The van der Waals surface area contributed by atoms with Gasteiger partial charge in [-0.2, -0.15) is 0 Å². The van der Waals surface area contributed by atoms with Gasteiger partial charge in [0.15, 0.2) is 5.78 Å². The van der Waals surface area contributed by atoms with Crippen LogP contribution in [0.1, 0.15) is 32.3 Å². The second kappa shape index (κ2) is 8.84. The van der Waals surface area contributed by atoms with Crippen LogP contribution in [0.5, 0.6) is 0 Å². The quantitative estimate of drug-likeness (QED) is 0.352. The molecule has 0 aliphatic heterocycles. The van der Waals surface area contributed by atoms with Gasteiger partial charge in [0.1, 0.15) is 5.82 Å². The molecule has 0 atom stereocenters. The van der Waals surface area contributed by atoms with Crippen LogP contribution in [0.25, 0.3) is 11.0 Å². The number of carbonyl (C=O) groups is 2. The summed E-state index contributed by atoms with van der Waals surface area (Å²) < 4.78 is 1.99. The molecule has 0 spiro atoms. The second-order valence-corrected chi connectivity index (χ2v) is 7.68. The van der Waals surface area contributed by atoms with Crippen molar-refractivity contribution in [2.45, 2.75) is 19.4 Å². The molecule has 5 nitrogen and oxygen atoms in total. The topological polar surface area (TPSA) is 64.0 Å². The van der Waals surface area contributed by atoms with Gasteiger partial charge in [0, 0.05) is 18.5 Å². The lowest BCUT2D eigenvalue weighted by Crippen LogP contribution is -2.24. The van der Waals surface area contributed by atoms with Gasteiger partial charge in [-0.25, -0.2) is 4.98 Å². The molecular weight excluding hydrogens is 382 g/mol. The zero-order chi connectivity index (χ0) is 20.1. The van der Waals surface area contributed by atoms with Crippen LogP contribution in [0.2, 0.25) is 0 Å². The molecule has 29 heavy (non-hydrogen) atoms. The minimum atomic E-state index is -0.0484. The highest BCUT2D eigenvalue weighted by molar-refractivity contribution is 7.12. The van der Waals surface area contributed by atoms with Crippen molar-refractivity contribution >= 4 is 34.1 Å². The number of fused-ring (bicyclic) bond motifs is 1. The van der Waals surface area contributed by atoms with Crippen LogP contribution >= 0.6 is 11.3 Å². The summed E-state index contributed by atoms with van der Waals surface area (Å²) in [4.78, 5) is 30.3. The van der Waals surface area contributed by atoms with E-state index in [0.717, 1.165) is 23.3 Å². The lowest BCUT2D eigenvalue weighted by atomic mass is 10.1. The zero-order valence-corrected chi connectivity index (χ0v) is 16.7. The predicted molar refractivity (Wildman–Crippen MR) is 115 cm³/mol. The standard InChI is InChI=1S/C23H21N3O2S/c27-20(17-8-2-1-3-9-17)16-26-19-11-5-4-10-18(19)25-22(26)13-6-14-24-23(28)21-12-7-15-29-21/h1-5,7-12,15H,6,13-14,16H2,(H,24,28). The first-order valence-electron chi connectivity index (χ1n) is 9.56. The highest BCUT2D eigenvalue weighted by atomic mass is 32.1. The molecular formula is C23H21N3O2S. The molecule has 2 heterocycles. The van der Waals surface area contributed by atoms with E-state index in [-0.39, 0.29) is 18.2 Å². The average Bonchev–Trinajstić information content (AvgIpc) is 3.41. The Hall–Kier alpha value is -3.25. The maximum Gasteiger partial charge on any atom is 0.261 e. The third-order valence-electron chi connectivity index (χ3n) is 4.74. The molecule has 1 N–H and O–H groups in total. The fourth-order valence-corrected chi connectivity index (χ4v) is 3.93. The minimum absolute atomic E-state index is 0.0484. The first-order chi connectivity index (χ1) is 14.2. The molecule has 4 rings (SSSR count). The van der Waals surface area contributed by atoms with Gasteiger partial charge in [-0.3, -0.25) is 9.59 Å². The number of rotatable bonds is 8. The molecule has 0 aliphatic rings. The molecule has 0 saturated heterocycles. The Morgan fingerprint density at radius 1 is 0.966 bits per heavy atom. The largest absolute Gasteiger partial charge is 0.351 e. The van der Waals surface area contributed by atoms with Crippen molar-refractivity contribution in [2.24, 2.45) is 0 Å². The summed E-state index contributed by atoms with van der Waals surface area (Å²) in [5.74, 6) is 0.870. The third-order valence-corrected chi connectivity index (χ3v) is 5.61. The predicted octanol–water partition coefficient (Wildman–Crippen LogP) is 4.34. The molecule has 0 unspecified atom stereocenters. The van der Waals surface area contributed by atoms with E-state index in [4.69, 9.17) is 4.98 Å². The number of ketones is 1. The van der Waals surface area contributed by atoms with Crippen molar-refractivity contribution in [3.8, 4) is 0 Å². The summed E-state index contributed by atoms with van der Waals surface area (Å²) in [6.45, 7) is 0.813. The van der Waals surface area contributed by atoms with E-state index < -0.39 is 0 Å². The van der Waals surface area contributed by atoms with E-state index in [0.29, 0.717) is 23.4 Å². The molecule has 0 radical (unpaired) electrons. The van der Waals surface area contributed by atoms with Crippen LogP contribution < -0.4 is 5.32 Å². The molecule has 2 aromatic heterocycles. The van der Waals surface area contributed by atoms with Crippen molar-refractivity contribution in [2.75, 3.05) is 6.54 Å². The number of benzene rings is 2. The van der Waals surface area contributed by atoms with E-state index in [2.05, 4.69) is 5.32 Å². The smallest absolute Gasteiger partial charge is 0.261 e. The lowest BCUT2D eigenvalue weighted by molar-refractivity contribution is 0.0955. The molecule has 0 aliphatic carbocycles. The average molecular weight is 404 g/mol. The van der Waals surface area contributed by atoms with Crippen molar-refractivity contribution in [3.05, 3.63) is 88.4 Å². The van der Waals surface area contributed by atoms with E-state index in [1.807, 2.05) is 76.7 Å². The number of amides is 1. The first-order valence-corrected chi connectivity index (χ1v) is 10.4. The number of hydrogen-bond donors (Lipinski definition) is 1. The SMILES string of the molecule is O=C(Cn1c(CCCNC(=O)c2cccs2)nc2ccccc21)c1ccccc1. The van der Waals surface area contributed by atoms with Crippen LogP contribution in [0.3, 0.4) is 0 Å². The molecule has 1 amide bonds. The Labute approximate surface area is 173 Å². The maximum absolute atomic E-state index is 12.8. The fraction of sp³-hybridized carbons (Fsp3) is 0.174. The highest BCUT2D eigenvalue weighted by Crippen LogP contribution is 2.18. The maximum atomic E-state index is 12.8. The number of nitrogens with zero attached hydrogens (tertiary/aromatic N) is 2. The monoisotopic (exact) mass is 403 g/mol. The van der Waals surface area contributed by atoms with Crippen LogP contribution in [0.4, 0.5) is 0 Å². The number of carbonyl (C=O) groups excluding carboxylic acids is 2. The van der Waals surface area contributed by atoms with Gasteiger partial charge in [-0.15, -0.1) is 11.3 Å². The van der Waals surface area contributed by atoms with Crippen LogP contribution in [-0.4, -0.2) is 27.8 Å². The normalized spacial score (nSPS) is 10.9. The molecule has 4 aromatic rings. The van der Waals surface area contributed by atoms with Gasteiger partial charge in [0.2, 0.25) is 0 Å². The number of Topliss-reactive ketones (excluding diaryl/α,β-unsaturated/α-hetero) is 1. The summed E-state index contributed by atoms with van der Waals surface area (Å²) in [6, 6.07) is 20.8. The van der Waals surface area contributed by atoms with E-state index in [1.165, 1.54) is 11.3 Å². The fourth-order valence-electron chi connectivity index (χ4n) is 3.29. The molecule has 0 saturated carbocycles. The number of imidazole rings is 1. The third kappa shape index (κ3) is 4.43. The van der Waals surface area contributed by atoms with Crippen molar-refractivity contribution in [3.63, 3.8) is 0 Å². The Morgan fingerprint density at radius 3 is 2.55 bits per heavy atom. The van der Waals surface area contributed by atoms with Crippen molar-refractivity contribution in [1.82, 2.24) is 14.9 Å². The summed E-state index contributed by atoms with van der Waals surface area (Å²) >= 11 is 1.43. The molecule has 0 fully saturated rings.